The molecule has 2 rings (SSSR count). The van der Waals surface area contributed by atoms with Crippen molar-refractivity contribution in [1.82, 2.24) is 4.98 Å². The Morgan fingerprint density at radius 3 is 2.94 bits per heavy atom. The number of carboxylic acids is 1. The average molecular weight is 257 g/mol. The number of anilines is 1. The number of hydrogen-bond acceptors (Lipinski definition) is 4. The van der Waals surface area contributed by atoms with E-state index in [-0.39, 0.29) is 5.01 Å². The highest BCUT2D eigenvalue weighted by atomic mass is 35.5. The molecule has 1 aromatic carbocycles. The molecule has 0 fully saturated rings. The number of carboxylic acid groups (broad SMARTS) is 1. The van der Waals surface area contributed by atoms with Crippen LogP contribution in [0, 0.1) is 0 Å². The minimum absolute atomic E-state index is 0.0599. The van der Waals surface area contributed by atoms with Gasteiger partial charge >= 0.3 is 5.97 Å². The van der Waals surface area contributed by atoms with Gasteiger partial charge in [0.05, 0.1) is 10.4 Å². The van der Waals surface area contributed by atoms with Gasteiger partial charge in [-0.1, -0.05) is 6.07 Å². The normalized spacial score (nSPS) is 10.8. The molecule has 0 aliphatic heterocycles. The smallest absolute Gasteiger partial charge is 0.365 e. The number of alkyl halides is 1. The van der Waals surface area contributed by atoms with Crippen molar-refractivity contribution >= 4 is 44.8 Å². The molecular weight excluding hydrogens is 248 g/mol. The number of nitrogens with two attached hydrogens (primary N) is 1. The van der Waals surface area contributed by atoms with Gasteiger partial charge in [-0.15, -0.1) is 22.9 Å². The maximum absolute atomic E-state index is 10.8. The van der Waals surface area contributed by atoms with Crippen LogP contribution < -0.4 is 5.73 Å². The van der Waals surface area contributed by atoms with Crippen molar-refractivity contribution in [2.75, 3.05) is 11.6 Å². The van der Waals surface area contributed by atoms with Crippen LogP contribution in [0.5, 0.6) is 0 Å². The lowest BCUT2D eigenvalue weighted by Crippen LogP contribution is -1.97. The molecule has 0 radical (unpaired) electrons. The lowest BCUT2D eigenvalue weighted by atomic mass is 10.1. The molecule has 6 heteroatoms. The van der Waals surface area contributed by atoms with Crippen molar-refractivity contribution in [2.24, 2.45) is 0 Å². The van der Waals surface area contributed by atoms with E-state index >= 15 is 0 Å². The first-order valence-electron chi connectivity index (χ1n) is 4.60. The van der Waals surface area contributed by atoms with Gasteiger partial charge < -0.3 is 10.8 Å². The molecule has 2 aromatic rings. The number of thiazole rings is 1. The Hall–Kier alpha value is -1.33. The minimum atomic E-state index is -1.03. The van der Waals surface area contributed by atoms with Gasteiger partial charge in [0.1, 0.15) is 5.52 Å². The highest BCUT2D eigenvalue weighted by Crippen LogP contribution is 2.29. The summed E-state index contributed by atoms with van der Waals surface area (Å²) >= 11 is 6.77. The fraction of sp³-hybridized carbons (Fsp3) is 0.200. The number of carbonyl (C=O) groups is 1. The molecule has 4 nitrogen and oxygen atoms in total. The van der Waals surface area contributed by atoms with Crippen LogP contribution in [-0.2, 0) is 6.42 Å². The van der Waals surface area contributed by atoms with Gasteiger partial charge in [-0.3, -0.25) is 0 Å². The van der Waals surface area contributed by atoms with E-state index in [0.29, 0.717) is 23.5 Å². The second-order valence-electron chi connectivity index (χ2n) is 3.25. The number of benzene rings is 1. The molecule has 1 heterocycles. The van der Waals surface area contributed by atoms with E-state index in [9.17, 15) is 4.79 Å². The van der Waals surface area contributed by atoms with Crippen molar-refractivity contribution in [3.8, 4) is 0 Å². The van der Waals surface area contributed by atoms with Crippen molar-refractivity contribution < 1.29 is 9.90 Å². The molecule has 1 aromatic heterocycles. The molecule has 0 atom stereocenters. The van der Waals surface area contributed by atoms with Crippen LogP contribution in [0.25, 0.3) is 10.2 Å². The van der Waals surface area contributed by atoms with Crippen LogP contribution in [0.2, 0.25) is 0 Å². The molecule has 0 spiro atoms. The Kier molecular flexibility index (Phi) is 2.98. The molecular formula is C10H9ClN2O2S. The summed E-state index contributed by atoms with van der Waals surface area (Å²) in [5, 5.41) is 8.90. The predicted octanol–water partition coefficient (Wildman–Crippen LogP) is 2.36. The van der Waals surface area contributed by atoms with Gasteiger partial charge in [-0.05, 0) is 18.1 Å². The molecule has 0 aliphatic rings. The summed E-state index contributed by atoms with van der Waals surface area (Å²) < 4.78 is 0.785. The predicted molar refractivity (Wildman–Crippen MR) is 65.4 cm³/mol. The van der Waals surface area contributed by atoms with Gasteiger partial charge in [0.15, 0.2) is 0 Å². The Morgan fingerprint density at radius 1 is 1.56 bits per heavy atom. The molecule has 0 saturated carbocycles. The molecule has 84 valence electrons. The first kappa shape index (κ1) is 11.2. The number of nitrogen functional groups attached to an aromatic ring is 1. The Morgan fingerprint density at radius 2 is 2.31 bits per heavy atom. The molecule has 16 heavy (non-hydrogen) atoms. The lowest BCUT2D eigenvalue weighted by molar-refractivity contribution is 0.0696. The van der Waals surface area contributed by atoms with Crippen molar-refractivity contribution in [3.63, 3.8) is 0 Å². The van der Waals surface area contributed by atoms with Crippen LogP contribution in [0.1, 0.15) is 15.4 Å². The van der Waals surface area contributed by atoms with Crippen molar-refractivity contribution in [1.29, 1.82) is 0 Å². The standard InChI is InChI=1S/C10H9ClN2O2S/c11-4-3-5-1-2-6-8(7(5)12)13-9(16-6)10(14)15/h1-2H,3-4,12H2,(H,14,15). The second-order valence-corrected chi connectivity index (χ2v) is 4.66. The van der Waals surface area contributed by atoms with Gasteiger partial charge in [0, 0.05) is 5.88 Å². The summed E-state index contributed by atoms with van der Waals surface area (Å²) in [6.45, 7) is 0. The highest BCUT2D eigenvalue weighted by molar-refractivity contribution is 7.20. The zero-order valence-corrected chi connectivity index (χ0v) is 9.81. The fourth-order valence-corrected chi connectivity index (χ4v) is 2.49. The SMILES string of the molecule is Nc1c(CCCl)ccc2sc(C(=O)O)nc12. The summed E-state index contributed by atoms with van der Waals surface area (Å²) in [6, 6.07) is 3.70. The van der Waals surface area contributed by atoms with E-state index in [1.165, 1.54) is 0 Å². The van der Waals surface area contributed by atoms with Gasteiger partial charge in [-0.25, -0.2) is 9.78 Å². The van der Waals surface area contributed by atoms with Crippen LogP contribution in [0.15, 0.2) is 12.1 Å². The van der Waals surface area contributed by atoms with Crippen molar-refractivity contribution in [2.45, 2.75) is 6.42 Å². The van der Waals surface area contributed by atoms with Crippen molar-refractivity contribution in [3.05, 3.63) is 22.7 Å². The van der Waals surface area contributed by atoms with Gasteiger partial charge in [-0.2, -0.15) is 0 Å². The van der Waals surface area contributed by atoms with Crippen LogP contribution in [0.3, 0.4) is 0 Å². The van der Waals surface area contributed by atoms with E-state index in [1.807, 2.05) is 12.1 Å². The fourth-order valence-electron chi connectivity index (χ4n) is 1.47. The maximum atomic E-state index is 10.8. The van der Waals surface area contributed by atoms with E-state index in [2.05, 4.69) is 4.98 Å². The molecule has 0 unspecified atom stereocenters. The molecule has 0 bridgehead atoms. The summed E-state index contributed by atoms with van der Waals surface area (Å²) in [5.74, 6) is -0.550. The third kappa shape index (κ3) is 1.83. The Balaban J connectivity index is 2.60. The number of rotatable bonds is 3. The summed E-state index contributed by atoms with van der Waals surface area (Å²) in [5.41, 5.74) is 7.91. The number of nitrogens with zero attached hydrogens (tertiary/aromatic N) is 1. The first-order valence-corrected chi connectivity index (χ1v) is 5.95. The van der Waals surface area contributed by atoms with E-state index < -0.39 is 5.97 Å². The van der Waals surface area contributed by atoms with E-state index in [1.54, 1.807) is 0 Å². The monoisotopic (exact) mass is 256 g/mol. The summed E-state index contributed by atoms with van der Waals surface area (Å²) in [4.78, 5) is 14.8. The van der Waals surface area contributed by atoms with Crippen LogP contribution >= 0.6 is 22.9 Å². The summed E-state index contributed by atoms with van der Waals surface area (Å²) in [7, 11) is 0. The van der Waals surface area contributed by atoms with Gasteiger partial charge in [0.25, 0.3) is 0 Å². The molecule has 0 amide bonds. The largest absolute Gasteiger partial charge is 0.476 e. The maximum Gasteiger partial charge on any atom is 0.365 e. The van der Waals surface area contributed by atoms with E-state index in [4.69, 9.17) is 22.4 Å². The van der Waals surface area contributed by atoms with Crippen LogP contribution in [0.4, 0.5) is 5.69 Å². The lowest BCUT2D eigenvalue weighted by Gasteiger charge is -2.02. The highest BCUT2D eigenvalue weighted by Gasteiger charge is 2.13. The number of halogens is 1. The molecule has 3 N–H and O–H groups in total. The average Bonchev–Trinajstić information content (AvgIpc) is 2.67. The van der Waals surface area contributed by atoms with E-state index in [0.717, 1.165) is 21.6 Å². The molecule has 0 aliphatic carbocycles. The quantitative estimate of drug-likeness (QED) is 0.653. The molecule has 0 saturated heterocycles. The number of hydrogen-bond donors (Lipinski definition) is 2. The number of fused-ring (bicyclic) bond motifs is 1. The first-order chi connectivity index (χ1) is 7.63. The zero-order valence-electron chi connectivity index (χ0n) is 8.24. The minimum Gasteiger partial charge on any atom is -0.476 e. The number of aromatic carboxylic acids is 1. The summed E-state index contributed by atoms with van der Waals surface area (Å²) in [6.07, 6.45) is 0.656. The van der Waals surface area contributed by atoms with Gasteiger partial charge in [0.2, 0.25) is 5.01 Å². The topological polar surface area (TPSA) is 76.2 Å². The third-order valence-corrected chi connectivity index (χ3v) is 3.43. The second kappa shape index (κ2) is 4.27. The third-order valence-electron chi connectivity index (χ3n) is 2.24. The van der Waals surface area contributed by atoms with Crippen LogP contribution in [-0.4, -0.2) is 21.9 Å². The number of aromatic nitrogens is 1. The Labute approximate surface area is 101 Å². The Bertz CT molecular complexity index is 553. The number of aryl methyl sites for hydroxylation is 1. The zero-order chi connectivity index (χ0) is 11.7.